The van der Waals surface area contributed by atoms with Crippen molar-refractivity contribution in [1.82, 2.24) is 4.90 Å². The van der Waals surface area contributed by atoms with Crippen molar-refractivity contribution in [2.75, 3.05) is 0 Å². The Labute approximate surface area is 205 Å². The van der Waals surface area contributed by atoms with Gasteiger partial charge in [-0.1, -0.05) is 48.0 Å². The Morgan fingerprint density at radius 1 is 1.03 bits per heavy atom. The zero-order chi connectivity index (χ0) is 25.2. The van der Waals surface area contributed by atoms with Crippen LogP contribution in [-0.4, -0.2) is 29.4 Å². The lowest BCUT2D eigenvalue weighted by Gasteiger charge is -2.12. The largest absolute Gasteiger partial charge is 0.379 e. The first-order valence-corrected chi connectivity index (χ1v) is 12.5. The Balaban J connectivity index is 1.54. The third-order valence-electron chi connectivity index (χ3n) is 5.06. The number of nitrogens with zero attached hydrogens (tertiary/aromatic N) is 2. The highest BCUT2D eigenvalue weighted by Gasteiger charge is 2.36. The van der Waals surface area contributed by atoms with Gasteiger partial charge in [0.1, 0.15) is 10.6 Å². The van der Waals surface area contributed by atoms with Crippen LogP contribution in [-0.2, 0) is 21.5 Å². The summed E-state index contributed by atoms with van der Waals surface area (Å²) in [5.74, 6) is -0.560. The van der Waals surface area contributed by atoms with Gasteiger partial charge in [0.05, 0.1) is 16.4 Å². The predicted octanol–water partition coefficient (Wildman–Crippen LogP) is 4.91. The van der Waals surface area contributed by atoms with Crippen LogP contribution in [0, 0.1) is 17.0 Å². The average Bonchev–Trinajstić information content (AvgIpc) is 3.07. The minimum Gasteiger partial charge on any atom is -0.379 e. The summed E-state index contributed by atoms with van der Waals surface area (Å²) in [6.45, 7) is 1.60. The lowest BCUT2D eigenvalue weighted by Crippen LogP contribution is -2.27. The van der Waals surface area contributed by atoms with E-state index in [1.807, 2.05) is 6.92 Å². The molecule has 35 heavy (non-hydrogen) atoms. The summed E-state index contributed by atoms with van der Waals surface area (Å²) in [6, 6.07) is 18.2. The van der Waals surface area contributed by atoms with Crippen molar-refractivity contribution in [1.29, 1.82) is 0 Å². The molecule has 3 aromatic carbocycles. The van der Waals surface area contributed by atoms with E-state index in [1.54, 1.807) is 30.3 Å². The summed E-state index contributed by atoms with van der Waals surface area (Å²) in [6.07, 6.45) is 1.44. The summed E-state index contributed by atoms with van der Waals surface area (Å²) in [4.78, 5) is 37.0. The predicted molar refractivity (Wildman–Crippen MR) is 130 cm³/mol. The fourth-order valence-corrected chi connectivity index (χ4v) is 5.08. The number of rotatable bonds is 7. The molecule has 0 spiro atoms. The third-order valence-corrected chi connectivity index (χ3v) is 7.23. The number of nitro groups is 1. The molecule has 9 nitrogen and oxygen atoms in total. The van der Waals surface area contributed by atoms with Crippen molar-refractivity contribution in [3.8, 4) is 5.75 Å². The fraction of sp³-hybridized carbons (Fsp3) is 0.0833. The molecule has 1 fully saturated rings. The van der Waals surface area contributed by atoms with Crippen molar-refractivity contribution in [3.05, 3.63) is 105 Å². The summed E-state index contributed by atoms with van der Waals surface area (Å²) in [5.41, 5.74) is 1.40. The zero-order valence-electron chi connectivity index (χ0n) is 18.3. The number of amides is 2. The number of hydrogen-bond donors (Lipinski definition) is 0. The molecule has 1 aliphatic rings. The molecular formula is C24H18N2O7S2. The number of carbonyl (C=O) groups excluding carboxylic acids is 2. The Morgan fingerprint density at radius 2 is 1.74 bits per heavy atom. The van der Waals surface area contributed by atoms with E-state index in [0.717, 1.165) is 10.5 Å². The molecule has 1 saturated heterocycles. The van der Waals surface area contributed by atoms with E-state index in [2.05, 4.69) is 0 Å². The minimum absolute atomic E-state index is 0.00429. The van der Waals surface area contributed by atoms with Gasteiger partial charge in [-0.05, 0) is 54.6 Å². The van der Waals surface area contributed by atoms with Gasteiger partial charge in [0.15, 0.2) is 0 Å². The molecule has 0 bridgehead atoms. The van der Waals surface area contributed by atoms with Gasteiger partial charge < -0.3 is 4.18 Å². The van der Waals surface area contributed by atoms with Gasteiger partial charge in [-0.2, -0.15) is 8.42 Å². The number of para-hydroxylation sites is 1. The highest BCUT2D eigenvalue weighted by Crippen LogP contribution is 2.35. The summed E-state index contributed by atoms with van der Waals surface area (Å²) >= 11 is 0.697. The molecule has 178 valence electrons. The molecule has 0 saturated carbocycles. The molecule has 11 heteroatoms. The van der Waals surface area contributed by atoms with Gasteiger partial charge >= 0.3 is 10.1 Å². The van der Waals surface area contributed by atoms with Crippen LogP contribution in [0.25, 0.3) is 6.08 Å². The standard InChI is InChI=1S/C24H18N2O7S2/c1-16-9-11-20(12-10-16)35(31,32)33-19-7-4-5-17(13-19)14-22-23(27)25(24(28)34-22)15-18-6-2-3-8-21(18)26(29)30/h2-14H,15H2,1H3/b22-14-. The second-order valence-corrected chi connectivity index (χ2v) is 10.1. The van der Waals surface area contributed by atoms with Crippen LogP contribution in [0.5, 0.6) is 5.75 Å². The van der Waals surface area contributed by atoms with Crippen LogP contribution in [0.1, 0.15) is 16.7 Å². The second kappa shape index (κ2) is 9.72. The Hall–Kier alpha value is -3.96. The van der Waals surface area contributed by atoms with Crippen molar-refractivity contribution >= 4 is 44.8 Å². The molecule has 4 rings (SSSR count). The molecule has 0 aromatic heterocycles. The molecule has 1 heterocycles. The lowest BCUT2D eigenvalue weighted by molar-refractivity contribution is -0.385. The summed E-state index contributed by atoms with van der Waals surface area (Å²) in [7, 11) is -4.06. The van der Waals surface area contributed by atoms with Crippen molar-refractivity contribution in [2.45, 2.75) is 18.4 Å². The van der Waals surface area contributed by atoms with Crippen LogP contribution < -0.4 is 4.18 Å². The van der Waals surface area contributed by atoms with Crippen molar-refractivity contribution in [2.24, 2.45) is 0 Å². The highest BCUT2D eigenvalue weighted by atomic mass is 32.2. The normalized spacial score (nSPS) is 15.0. The number of imide groups is 1. The number of thioether (sulfide) groups is 1. The minimum atomic E-state index is -4.06. The van der Waals surface area contributed by atoms with Gasteiger partial charge in [-0.15, -0.1) is 0 Å². The van der Waals surface area contributed by atoms with E-state index in [4.69, 9.17) is 4.18 Å². The molecule has 3 aromatic rings. The smallest absolute Gasteiger partial charge is 0.339 e. The summed E-state index contributed by atoms with van der Waals surface area (Å²) in [5, 5.41) is 10.7. The van der Waals surface area contributed by atoms with E-state index < -0.39 is 26.2 Å². The Bertz CT molecular complexity index is 1470. The Morgan fingerprint density at radius 3 is 2.46 bits per heavy atom. The van der Waals surface area contributed by atoms with E-state index in [9.17, 15) is 28.1 Å². The van der Waals surface area contributed by atoms with Crippen LogP contribution in [0.2, 0.25) is 0 Å². The van der Waals surface area contributed by atoms with Gasteiger partial charge in [-0.25, -0.2) is 0 Å². The van der Waals surface area contributed by atoms with Gasteiger partial charge in [0, 0.05) is 11.6 Å². The topological polar surface area (TPSA) is 124 Å². The monoisotopic (exact) mass is 510 g/mol. The first kappa shape index (κ1) is 24.2. The van der Waals surface area contributed by atoms with Crippen LogP contribution in [0.15, 0.2) is 82.6 Å². The molecular weight excluding hydrogens is 492 g/mol. The molecule has 0 unspecified atom stereocenters. The van der Waals surface area contributed by atoms with Crippen molar-refractivity contribution in [3.63, 3.8) is 0 Å². The maximum absolute atomic E-state index is 12.9. The van der Waals surface area contributed by atoms with E-state index in [0.29, 0.717) is 17.3 Å². The highest BCUT2D eigenvalue weighted by molar-refractivity contribution is 8.18. The van der Waals surface area contributed by atoms with Crippen molar-refractivity contribution < 1.29 is 27.1 Å². The van der Waals surface area contributed by atoms with Gasteiger partial charge in [0.2, 0.25) is 0 Å². The Kier molecular flexibility index (Phi) is 6.72. The van der Waals surface area contributed by atoms with Crippen LogP contribution >= 0.6 is 11.8 Å². The maximum atomic E-state index is 12.9. The lowest BCUT2D eigenvalue weighted by atomic mass is 10.1. The van der Waals surface area contributed by atoms with Crippen LogP contribution in [0.4, 0.5) is 10.5 Å². The third kappa shape index (κ3) is 5.42. The second-order valence-electron chi connectivity index (χ2n) is 7.58. The SMILES string of the molecule is Cc1ccc(S(=O)(=O)Oc2cccc(/C=C3\SC(=O)N(Cc4ccccc4[N+](=O)[O-])C3=O)c2)cc1. The molecule has 0 aliphatic carbocycles. The molecule has 0 N–H and O–H groups in total. The number of nitro benzene ring substituents is 1. The molecule has 0 radical (unpaired) electrons. The van der Waals surface area contributed by atoms with Gasteiger partial charge in [-0.3, -0.25) is 24.6 Å². The first-order chi connectivity index (χ1) is 16.6. The fourth-order valence-electron chi connectivity index (χ4n) is 3.32. The number of benzene rings is 3. The first-order valence-electron chi connectivity index (χ1n) is 10.2. The van der Waals surface area contributed by atoms with E-state index in [-0.39, 0.29) is 33.3 Å². The quantitative estimate of drug-likeness (QED) is 0.190. The maximum Gasteiger partial charge on any atom is 0.339 e. The van der Waals surface area contributed by atoms with E-state index in [1.165, 1.54) is 48.5 Å². The zero-order valence-corrected chi connectivity index (χ0v) is 19.9. The number of hydrogen-bond acceptors (Lipinski definition) is 8. The van der Waals surface area contributed by atoms with Crippen LogP contribution in [0.3, 0.4) is 0 Å². The number of carbonyl (C=O) groups is 2. The average molecular weight is 511 g/mol. The summed E-state index contributed by atoms with van der Waals surface area (Å²) < 4.78 is 30.3. The van der Waals surface area contributed by atoms with E-state index >= 15 is 0 Å². The number of aryl methyl sites for hydroxylation is 1. The van der Waals surface area contributed by atoms with Gasteiger partial charge in [0.25, 0.3) is 16.8 Å². The molecule has 0 atom stereocenters. The molecule has 1 aliphatic heterocycles. The molecule has 2 amide bonds.